The molecule has 0 radical (unpaired) electrons. The van der Waals surface area contributed by atoms with Crippen molar-refractivity contribution in [2.45, 2.75) is 96.8 Å². The molecule has 0 aromatic rings. The van der Waals surface area contributed by atoms with Crippen molar-refractivity contribution in [2.24, 2.45) is 0 Å². The second-order valence-electron chi connectivity index (χ2n) is 6.32. The molecule has 136 valence electrons. The first kappa shape index (κ1) is 21.9. The van der Waals surface area contributed by atoms with Gasteiger partial charge in [-0.3, -0.25) is 9.59 Å². The Bertz CT molecular complexity index is 292. The summed E-state index contributed by atoms with van der Waals surface area (Å²) < 4.78 is 4.52. The Morgan fingerprint density at radius 2 is 1.22 bits per heavy atom. The molecule has 1 N–H and O–H groups in total. The maximum absolute atomic E-state index is 11.5. The van der Waals surface area contributed by atoms with Gasteiger partial charge in [0.15, 0.2) is 0 Å². The molecule has 0 aliphatic carbocycles. The summed E-state index contributed by atoms with van der Waals surface area (Å²) in [5.74, 6) is -0.239. The van der Waals surface area contributed by atoms with Gasteiger partial charge < -0.3 is 10.1 Å². The van der Waals surface area contributed by atoms with Crippen molar-refractivity contribution in [3.8, 4) is 0 Å². The normalized spacial score (nSPS) is 10.5. The molecule has 4 heteroatoms. The lowest BCUT2D eigenvalue weighted by Crippen LogP contribution is -2.25. The summed E-state index contributed by atoms with van der Waals surface area (Å²) in [6.07, 6.45) is 16.4. The zero-order valence-corrected chi connectivity index (χ0v) is 15.3. The molecule has 0 heterocycles. The van der Waals surface area contributed by atoms with E-state index in [1.807, 2.05) is 0 Å². The van der Waals surface area contributed by atoms with E-state index in [1.54, 1.807) is 0 Å². The van der Waals surface area contributed by atoms with Crippen molar-refractivity contribution < 1.29 is 14.3 Å². The van der Waals surface area contributed by atoms with Gasteiger partial charge in [0, 0.05) is 13.0 Å². The van der Waals surface area contributed by atoms with Crippen LogP contribution in [0, 0.1) is 0 Å². The highest BCUT2D eigenvalue weighted by Crippen LogP contribution is 2.12. The summed E-state index contributed by atoms with van der Waals surface area (Å²) in [4.78, 5) is 22.4. The number of esters is 1. The third-order valence-corrected chi connectivity index (χ3v) is 4.14. The van der Waals surface area contributed by atoms with E-state index in [0.29, 0.717) is 13.0 Å². The van der Waals surface area contributed by atoms with Crippen molar-refractivity contribution >= 4 is 11.9 Å². The molecule has 23 heavy (non-hydrogen) atoms. The van der Waals surface area contributed by atoms with E-state index in [9.17, 15) is 9.59 Å². The average molecular weight is 328 g/mol. The van der Waals surface area contributed by atoms with Crippen molar-refractivity contribution in [3.05, 3.63) is 0 Å². The Kier molecular flexibility index (Phi) is 16.5. The molecule has 4 nitrogen and oxygen atoms in total. The van der Waals surface area contributed by atoms with Gasteiger partial charge in [0.05, 0.1) is 13.5 Å². The molecule has 0 aromatic heterocycles. The van der Waals surface area contributed by atoms with Crippen LogP contribution < -0.4 is 5.32 Å². The first-order chi connectivity index (χ1) is 11.2. The average Bonchev–Trinajstić information content (AvgIpc) is 2.55. The summed E-state index contributed by atoms with van der Waals surface area (Å²) in [5, 5.41) is 2.75. The standard InChI is InChI=1S/C19H37NO3/c1-3-4-5-6-7-8-9-10-11-12-13-14-15-18(21)20-17-16-19(22)23-2/h3-17H2,1-2H3,(H,20,21). The predicted octanol–water partition coefficient (Wildman–Crippen LogP) is 4.76. The zero-order chi connectivity index (χ0) is 17.2. The molecule has 0 saturated heterocycles. The Balaban J connectivity index is 3.17. The Morgan fingerprint density at radius 1 is 0.739 bits per heavy atom. The zero-order valence-electron chi connectivity index (χ0n) is 15.3. The summed E-state index contributed by atoms with van der Waals surface area (Å²) in [5.41, 5.74) is 0. The number of rotatable bonds is 16. The molecule has 0 aliphatic rings. The fraction of sp³-hybridized carbons (Fsp3) is 0.895. The number of hydrogen-bond acceptors (Lipinski definition) is 3. The Morgan fingerprint density at radius 3 is 1.70 bits per heavy atom. The van der Waals surface area contributed by atoms with E-state index < -0.39 is 0 Å². The van der Waals surface area contributed by atoms with Gasteiger partial charge in [-0.15, -0.1) is 0 Å². The molecule has 0 aromatic carbocycles. The van der Waals surface area contributed by atoms with Crippen LogP contribution in [0.25, 0.3) is 0 Å². The molecular weight excluding hydrogens is 290 g/mol. The van der Waals surface area contributed by atoms with E-state index in [2.05, 4.69) is 17.0 Å². The number of carbonyl (C=O) groups excluding carboxylic acids is 2. The van der Waals surface area contributed by atoms with Gasteiger partial charge in [0.1, 0.15) is 0 Å². The molecule has 0 atom stereocenters. The van der Waals surface area contributed by atoms with Crippen LogP contribution in [0.3, 0.4) is 0 Å². The number of amides is 1. The highest BCUT2D eigenvalue weighted by molar-refractivity contribution is 5.76. The van der Waals surface area contributed by atoms with Gasteiger partial charge in [-0.25, -0.2) is 0 Å². The highest BCUT2D eigenvalue weighted by Gasteiger charge is 2.03. The quantitative estimate of drug-likeness (QED) is 0.328. The Labute approximate surface area is 142 Å². The first-order valence-electron chi connectivity index (χ1n) is 9.54. The summed E-state index contributed by atoms with van der Waals surface area (Å²) in [7, 11) is 1.36. The summed E-state index contributed by atoms with van der Waals surface area (Å²) >= 11 is 0. The second kappa shape index (κ2) is 17.3. The lowest BCUT2D eigenvalue weighted by atomic mass is 10.0. The van der Waals surface area contributed by atoms with Gasteiger partial charge in [0.2, 0.25) is 5.91 Å². The van der Waals surface area contributed by atoms with Gasteiger partial charge in [-0.2, -0.15) is 0 Å². The fourth-order valence-electron chi connectivity index (χ4n) is 2.62. The van der Waals surface area contributed by atoms with Crippen molar-refractivity contribution in [1.29, 1.82) is 0 Å². The second-order valence-corrected chi connectivity index (χ2v) is 6.32. The Hall–Kier alpha value is -1.06. The van der Waals surface area contributed by atoms with Gasteiger partial charge in [0.25, 0.3) is 0 Å². The number of ether oxygens (including phenoxy) is 1. The predicted molar refractivity (Wildman–Crippen MR) is 95.3 cm³/mol. The smallest absolute Gasteiger partial charge is 0.307 e. The monoisotopic (exact) mass is 327 g/mol. The summed E-state index contributed by atoms with van der Waals surface area (Å²) in [6, 6.07) is 0. The number of methoxy groups -OCH3 is 1. The topological polar surface area (TPSA) is 55.4 Å². The van der Waals surface area contributed by atoms with Crippen LogP contribution in [0.5, 0.6) is 0 Å². The number of hydrogen-bond donors (Lipinski definition) is 1. The van der Waals surface area contributed by atoms with E-state index in [1.165, 1.54) is 71.3 Å². The van der Waals surface area contributed by atoms with Gasteiger partial charge >= 0.3 is 5.97 Å². The first-order valence-corrected chi connectivity index (χ1v) is 9.54. The SMILES string of the molecule is CCCCCCCCCCCCCCC(=O)NCCC(=O)OC. The van der Waals surface area contributed by atoms with Crippen molar-refractivity contribution in [2.75, 3.05) is 13.7 Å². The largest absolute Gasteiger partial charge is 0.469 e. The van der Waals surface area contributed by atoms with Gasteiger partial charge in [-0.05, 0) is 6.42 Å². The number of nitrogens with one attached hydrogen (secondary N) is 1. The highest BCUT2D eigenvalue weighted by atomic mass is 16.5. The van der Waals surface area contributed by atoms with Crippen LogP contribution in [0.4, 0.5) is 0 Å². The molecule has 0 aliphatic heterocycles. The molecular formula is C19H37NO3. The molecule has 0 spiro atoms. The van der Waals surface area contributed by atoms with Crippen LogP contribution in [-0.4, -0.2) is 25.5 Å². The number of carbonyl (C=O) groups is 2. The van der Waals surface area contributed by atoms with Gasteiger partial charge in [-0.1, -0.05) is 77.6 Å². The van der Waals surface area contributed by atoms with E-state index in [0.717, 1.165) is 12.8 Å². The minimum Gasteiger partial charge on any atom is -0.469 e. The van der Waals surface area contributed by atoms with Crippen LogP contribution in [0.1, 0.15) is 96.8 Å². The van der Waals surface area contributed by atoms with E-state index in [-0.39, 0.29) is 18.3 Å². The maximum Gasteiger partial charge on any atom is 0.307 e. The molecule has 0 bridgehead atoms. The minimum absolute atomic E-state index is 0.0426. The summed E-state index contributed by atoms with van der Waals surface area (Å²) in [6.45, 7) is 2.63. The van der Waals surface area contributed by atoms with Crippen molar-refractivity contribution in [1.82, 2.24) is 5.32 Å². The maximum atomic E-state index is 11.5. The van der Waals surface area contributed by atoms with Crippen molar-refractivity contribution in [3.63, 3.8) is 0 Å². The van der Waals surface area contributed by atoms with Crippen LogP contribution in [0.2, 0.25) is 0 Å². The van der Waals surface area contributed by atoms with Crippen LogP contribution in [-0.2, 0) is 14.3 Å². The lowest BCUT2D eigenvalue weighted by molar-refractivity contribution is -0.140. The minimum atomic E-state index is -0.282. The van der Waals surface area contributed by atoms with E-state index >= 15 is 0 Å². The third kappa shape index (κ3) is 17.1. The molecule has 0 rings (SSSR count). The molecule has 0 fully saturated rings. The molecule has 0 saturated carbocycles. The van der Waals surface area contributed by atoms with Crippen LogP contribution in [0.15, 0.2) is 0 Å². The molecule has 1 amide bonds. The third-order valence-electron chi connectivity index (χ3n) is 4.14. The lowest BCUT2D eigenvalue weighted by Gasteiger charge is -2.05. The fourth-order valence-corrected chi connectivity index (χ4v) is 2.62. The van der Waals surface area contributed by atoms with E-state index in [4.69, 9.17) is 0 Å². The molecule has 0 unspecified atom stereocenters. The van der Waals surface area contributed by atoms with Crippen LogP contribution >= 0.6 is 0 Å². The number of unbranched alkanes of at least 4 members (excludes halogenated alkanes) is 11.